The third-order valence-electron chi connectivity index (χ3n) is 16.1. The van der Waals surface area contributed by atoms with Crippen molar-refractivity contribution in [2.24, 2.45) is 0 Å². The lowest BCUT2D eigenvalue weighted by Crippen LogP contribution is -2.30. The average Bonchev–Trinajstić information content (AvgIpc) is 3.45. The minimum atomic E-state index is -0.769. The zero-order chi connectivity index (χ0) is 57.1. The van der Waals surface area contributed by atoms with E-state index in [9.17, 15) is 14.4 Å². The molecule has 0 aromatic rings. The Kier molecular flexibility index (Phi) is 66.1. The van der Waals surface area contributed by atoms with Crippen molar-refractivity contribution in [2.45, 2.75) is 399 Å². The molecule has 0 spiro atoms. The first-order valence-electron chi connectivity index (χ1n) is 35.5. The van der Waals surface area contributed by atoms with Gasteiger partial charge in [-0.15, -0.1) is 0 Å². The minimum absolute atomic E-state index is 0.0679. The minimum Gasteiger partial charge on any atom is -0.462 e. The molecular weight excluding hydrogens is 973 g/mol. The second-order valence-electron chi connectivity index (χ2n) is 24.1. The lowest BCUT2D eigenvalue weighted by molar-refractivity contribution is -0.167. The van der Waals surface area contributed by atoms with Gasteiger partial charge in [0.2, 0.25) is 0 Å². The van der Waals surface area contributed by atoms with Crippen LogP contribution in [0.2, 0.25) is 0 Å². The van der Waals surface area contributed by atoms with Gasteiger partial charge in [-0.25, -0.2) is 0 Å². The number of hydrogen-bond acceptors (Lipinski definition) is 6. The molecule has 6 nitrogen and oxygen atoms in total. The summed E-state index contributed by atoms with van der Waals surface area (Å²) in [6.45, 7) is 6.65. The van der Waals surface area contributed by atoms with Gasteiger partial charge in [0, 0.05) is 19.3 Å². The van der Waals surface area contributed by atoms with Crippen molar-refractivity contribution in [1.82, 2.24) is 0 Å². The molecule has 0 radical (unpaired) electrons. The van der Waals surface area contributed by atoms with E-state index in [2.05, 4.69) is 57.2 Å². The normalized spacial score (nSPS) is 12.2. The van der Waals surface area contributed by atoms with Crippen LogP contribution in [-0.2, 0) is 28.6 Å². The van der Waals surface area contributed by atoms with Crippen LogP contribution in [0.15, 0.2) is 36.5 Å². The molecule has 6 heteroatoms. The standard InChI is InChI=1S/C73H136O6/c1-4-7-10-13-16-18-20-22-24-26-28-30-32-33-34-35-36-37-38-39-41-42-44-46-48-50-52-54-57-60-63-66-72(75)78-69-70(68-77-71(74)65-62-59-56-15-12-9-6-3)79-73(76)67-64-61-58-55-53-51-49-47-45-43-40-31-29-27-25-23-21-19-17-14-11-8-5-2/h21,23,26-29,70H,4-20,22,24-25,30-69H2,1-3H3/b23-21-,28-26-,29-27-. The summed E-state index contributed by atoms with van der Waals surface area (Å²) >= 11 is 0. The number of carbonyl (C=O) groups is 3. The SMILES string of the molecule is CCCCCCC/C=C\C/C=C\CCCCCCCCCCCCCC(=O)OC(COC(=O)CCCCCCCCC)COC(=O)CCCCCCCCCCCCCCCCCCCCC/C=C\CCCCCCCCCC. The topological polar surface area (TPSA) is 78.9 Å². The van der Waals surface area contributed by atoms with Crippen molar-refractivity contribution in [1.29, 1.82) is 0 Å². The van der Waals surface area contributed by atoms with Crippen LogP contribution in [0, 0.1) is 0 Å². The maximum atomic E-state index is 12.9. The molecule has 0 N–H and O–H groups in total. The van der Waals surface area contributed by atoms with Crippen molar-refractivity contribution >= 4 is 17.9 Å². The fourth-order valence-corrected chi connectivity index (χ4v) is 10.8. The van der Waals surface area contributed by atoms with Crippen molar-refractivity contribution in [2.75, 3.05) is 13.2 Å². The highest BCUT2D eigenvalue weighted by Gasteiger charge is 2.19. The van der Waals surface area contributed by atoms with E-state index in [1.165, 1.54) is 289 Å². The monoisotopic (exact) mass is 1110 g/mol. The van der Waals surface area contributed by atoms with Gasteiger partial charge >= 0.3 is 17.9 Å². The first-order chi connectivity index (χ1) is 39.0. The second-order valence-corrected chi connectivity index (χ2v) is 24.1. The first-order valence-corrected chi connectivity index (χ1v) is 35.5. The molecular formula is C73H136O6. The highest BCUT2D eigenvalue weighted by Crippen LogP contribution is 2.18. The van der Waals surface area contributed by atoms with Crippen LogP contribution in [0.1, 0.15) is 393 Å². The Bertz CT molecular complexity index is 1320. The fourth-order valence-electron chi connectivity index (χ4n) is 10.8. The quantitative estimate of drug-likeness (QED) is 0.0261. The summed E-state index contributed by atoms with van der Waals surface area (Å²) in [4.78, 5) is 38.2. The predicted molar refractivity (Wildman–Crippen MR) is 344 cm³/mol. The van der Waals surface area contributed by atoms with Gasteiger partial charge < -0.3 is 14.2 Å². The maximum Gasteiger partial charge on any atom is 0.306 e. The van der Waals surface area contributed by atoms with E-state index in [4.69, 9.17) is 14.2 Å². The van der Waals surface area contributed by atoms with Crippen LogP contribution >= 0.6 is 0 Å². The zero-order valence-electron chi connectivity index (χ0n) is 53.4. The smallest absolute Gasteiger partial charge is 0.306 e. The van der Waals surface area contributed by atoms with Gasteiger partial charge in [-0.2, -0.15) is 0 Å². The van der Waals surface area contributed by atoms with Crippen LogP contribution in [-0.4, -0.2) is 37.2 Å². The summed E-state index contributed by atoms with van der Waals surface area (Å²) < 4.78 is 16.9. The summed E-state index contributed by atoms with van der Waals surface area (Å²) in [7, 11) is 0. The van der Waals surface area contributed by atoms with Crippen LogP contribution in [0.3, 0.4) is 0 Å². The lowest BCUT2D eigenvalue weighted by Gasteiger charge is -2.18. The van der Waals surface area contributed by atoms with Gasteiger partial charge in [0.25, 0.3) is 0 Å². The molecule has 0 saturated carbocycles. The molecule has 0 bridgehead atoms. The van der Waals surface area contributed by atoms with Gasteiger partial charge in [-0.1, -0.05) is 333 Å². The fraction of sp³-hybridized carbons (Fsp3) is 0.877. The van der Waals surface area contributed by atoms with Crippen LogP contribution in [0.4, 0.5) is 0 Å². The van der Waals surface area contributed by atoms with Gasteiger partial charge in [0.15, 0.2) is 6.10 Å². The average molecular weight is 1110 g/mol. The lowest BCUT2D eigenvalue weighted by atomic mass is 10.0. The van der Waals surface area contributed by atoms with Crippen molar-refractivity contribution in [3.8, 4) is 0 Å². The van der Waals surface area contributed by atoms with Gasteiger partial charge in [-0.05, 0) is 77.0 Å². The zero-order valence-corrected chi connectivity index (χ0v) is 53.4. The third-order valence-corrected chi connectivity index (χ3v) is 16.1. The highest BCUT2D eigenvalue weighted by molar-refractivity contribution is 5.71. The molecule has 0 rings (SSSR count). The molecule has 1 unspecified atom stereocenters. The molecule has 1 atom stereocenters. The molecule has 0 aromatic carbocycles. The number of allylic oxidation sites excluding steroid dienone is 6. The molecule has 0 aromatic heterocycles. The molecule has 0 fully saturated rings. The Labute approximate surface area is 493 Å². The molecule has 0 aliphatic carbocycles. The summed E-state index contributed by atoms with van der Waals surface area (Å²) in [6, 6.07) is 0. The second kappa shape index (κ2) is 68.1. The summed E-state index contributed by atoms with van der Waals surface area (Å²) in [5, 5.41) is 0. The molecule has 0 amide bonds. The molecule has 0 saturated heterocycles. The van der Waals surface area contributed by atoms with E-state index in [1.807, 2.05) is 0 Å². The summed E-state index contributed by atoms with van der Waals surface area (Å²) in [5.41, 5.74) is 0. The number of ether oxygens (including phenoxy) is 3. The third kappa shape index (κ3) is 66.3. The predicted octanol–water partition coefficient (Wildman–Crippen LogP) is 24.3. The van der Waals surface area contributed by atoms with E-state index in [0.717, 1.165) is 64.2 Å². The summed E-state index contributed by atoms with van der Waals surface area (Å²) in [5.74, 6) is -0.852. The number of carbonyl (C=O) groups excluding carboxylic acids is 3. The number of unbranched alkanes of at least 4 members (excludes halogenated alkanes) is 49. The Balaban J connectivity index is 4.00. The number of hydrogen-bond donors (Lipinski definition) is 0. The van der Waals surface area contributed by atoms with Gasteiger partial charge in [0.05, 0.1) is 0 Å². The largest absolute Gasteiger partial charge is 0.462 e. The maximum absolute atomic E-state index is 12.9. The number of esters is 3. The van der Waals surface area contributed by atoms with Crippen molar-refractivity contribution in [3.63, 3.8) is 0 Å². The molecule has 79 heavy (non-hydrogen) atoms. The van der Waals surface area contributed by atoms with Crippen molar-refractivity contribution < 1.29 is 28.6 Å². The first kappa shape index (κ1) is 76.6. The molecule has 0 aliphatic rings. The molecule has 464 valence electrons. The highest BCUT2D eigenvalue weighted by atomic mass is 16.6. The van der Waals surface area contributed by atoms with Gasteiger partial charge in [0.1, 0.15) is 13.2 Å². The Morgan fingerprint density at radius 1 is 0.253 bits per heavy atom. The van der Waals surface area contributed by atoms with Crippen LogP contribution < -0.4 is 0 Å². The van der Waals surface area contributed by atoms with E-state index >= 15 is 0 Å². The van der Waals surface area contributed by atoms with Crippen LogP contribution in [0.5, 0.6) is 0 Å². The van der Waals surface area contributed by atoms with Gasteiger partial charge in [-0.3, -0.25) is 14.4 Å². The van der Waals surface area contributed by atoms with E-state index in [-0.39, 0.29) is 31.1 Å². The number of rotatable bonds is 66. The molecule has 0 heterocycles. The van der Waals surface area contributed by atoms with E-state index in [0.29, 0.717) is 19.3 Å². The van der Waals surface area contributed by atoms with E-state index < -0.39 is 6.10 Å². The molecule has 0 aliphatic heterocycles. The Morgan fingerprint density at radius 3 is 0.709 bits per heavy atom. The van der Waals surface area contributed by atoms with E-state index in [1.54, 1.807) is 0 Å². The summed E-state index contributed by atoms with van der Waals surface area (Å²) in [6.07, 6.45) is 85.0. The van der Waals surface area contributed by atoms with Crippen molar-refractivity contribution in [3.05, 3.63) is 36.5 Å². The Hall–Kier alpha value is -2.37. The Morgan fingerprint density at radius 2 is 0.456 bits per heavy atom. The van der Waals surface area contributed by atoms with Crippen LogP contribution in [0.25, 0.3) is 0 Å².